The van der Waals surface area contributed by atoms with Crippen molar-refractivity contribution in [3.8, 4) is 11.4 Å². The molecule has 1 aromatic heterocycles. The smallest absolute Gasteiger partial charge is 0.233 e. The number of para-hydroxylation sites is 2. The molecule has 0 bridgehead atoms. The molecule has 0 unspecified atom stereocenters. The summed E-state index contributed by atoms with van der Waals surface area (Å²) in [6, 6.07) is 8.52. The Morgan fingerprint density at radius 3 is 2.55 bits per heavy atom. The average Bonchev–Trinajstić information content (AvgIpc) is 3.45. The summed E-state index contributed by atoms with van der Waals surface area (Å²) in [5.41, 5.74) is 0.787. The zero-order chi connectivity index (χ0) is 20.2. The summed E-state index contributed by atoms with van der Waals surface area (Å²) in [7, 11) is 0. The maximum atomic E-state index is 13.1. The molecule has 2 fully saturated rings. The van der Waals surface area contributed by atoms with Gasteiger partial charge in [-0.3, -0.25) is 4.79 Å². The second-order valence-corrected chi connectivity index (χ2v) is 8.95. The van der Waals surface area contributed by atoms with Crippen LogP contribution in [0.25, 0.3) is 5.69 Å². The van der Waals surface area contributed by atoms with E-state index in [0.29, 0.717) is 29.6 Å². The summed E-state index contributed by atoms with van der Waals surface area (Å²) in [6.07, 6.45) is 6.99. The molecule has 0 spiro atoms. The summed E-state index contributed by atoms with van der Waals surface area (Å²) in [4.78, 5) is 15.3. The third-order valence-corrected chi connectivity index (χ3v) is 6.67. The lowest BCUT2D eigenvalue weighted by atomic mass is 9.86. The largest absolute Gasteiger partial charge is 0.492 e. The molecular weight excluding hydrogens is 386 g/mol. The molecule has 0 atom stereocenters. The van der Waals surface area contributed by atoms with Crippen molar-refractivity contribution in [1.82, 2.24) is 25.1 Å². The Labute approximate surface area is 176 Å². The number of aromatic nitrogens is 4. The summed E-state index contributed by atoms with van der Waals surface area (Å²) >= 11 is 1.40. The van der Waals surface area contributed by atoms with Crippen LogP contribution in [0.4, 0.5) is 0 Å². The van der Waals surface area contributed by atoms with Gasteiger partial charge in [-0.05, 0) is 73.9 Å². The fraction of sp³-hybridized carbons (Fsp3) is 0.619. The van der Waals surface area contributed by atoms with E-state index in [4.69, 9.17) is 4.74 Å². The number of hydrogen-bond donors (Lipinski definition) is 0. The molecule has 8 heteroatoms. The minimum atomic E-state index is 0.213. The quantitative estimate of drug-likeness (QED) is 0.612. The highest BCUT2D eigenvalue weighted by atomic mass is 32.2. The Hall–Kier alpha value is -2.09. The lowest BCUT2D eigenvalue weighted by Gasteiger charge is -2.36. The molecule has 2 aliphatic carbocycles. The standard InChI is InChI=1S/C21H29N5O2S/c1-3-28-19-7-5-4-6-18(19)26-21(22-23-24-26)29-14-20(27)25(17-12-13-17)16-10-8-15(2)9-11-16/h4-7,15-17H,3,8-14H2,1-2H3. The molecule has 4 rings (SSSR count). The Bertz CT molecular complexity index is 830. The number of tetrazole rings is 1. The highest BCUT2D eigenvalue weighted by Gasteiger charge is 2.38. The molecule has 2 saturated carbocycles. The maximum absolute atomic E-state index is 13.1. The van der Waals surface area contributed by atoms with Gasteiger partial charge >= 0.3 is 0 Å². The number of carbonyl (C=O) groups is 1. The van der Waals surface area contributed by atoms with Crippen LogP contribution in [0.1, 0.15) is 52.4 Å². The fourth-order valence-electron chi connectivity index (χ4n) is 4.11. The van der Waals surface area contributed by atoms with Crippen LogP contribution >= 0.6 is 11.8 Å². The molecule has 2 aromatic rings. The van der Waals surface area contributed by atoms with Crippen LogP contribution in [0.2, 0.25) is 0 Å². The first-order valence-electron chi connectivity index (χ1n) is 10.6. The van der Waals surface area contributed by atoms with Crippen molar-refractivity contribution in [2.75, 3.05) is 12.4 Å². The monoisotopic (exact) mass is 415 g/mol. The van der Waals surface area contributed by atoms with Crippen molar-refractivity contribution in [2.24, 2.45) is 5.92 Å². The number of nitrogens with zero attached hydrogens (tertiary/aromatic N) is 5. The van der Waals surface area contributed by atoms with Gasteiger partial charge in [0.05, 0.1) is 12.4 Å². The SMILES string of the molecule is CCOc1ccccc1-n1nnnc1SCC(=O)N(C1CCC(C)CC1)C1CC1. The van der Waals surface area contributed by atoms with Gasteiger partial charge < -0.3 is 9.64 Å². The summed E-state index contributed by atoms with van der Waals surface area (Å²) in [5, 5.41) is 12.7. The molecule has 29 heavy (non-hydrogen) atoms. The van der Waals surface area contributed by atoms with Crippen LogP contribution in [-0.2, 0) is 4.79 Å². The average molecular weight is 416 g/mol. The van der Waals surface area contributed by atoms with Gasteiger partial charge in [-0.15, -0.1) is 5.10 Å². The molecule has 1 heterocycles. The Morgan fingerprint density at radius 2 is 1.86 bits per heavy atom. The number of hydrogen-bond acceptors (Lipinski definition) is 6. The van der Waals surface area contributed by atoms with E-state index in [-0.39, 0.29) is 5.91 Å². The predicted molar refractivity (Wildman–Crippen MR) is 112 cm³/mol. The third kappa shape index (κ3) is 4.74. The molecule has 1 amide bonds. The minimum Gasteiger partial charge on any atom is -0.492 e. The number of rotatable bonds is 8. The molecule has 0 radical (unpaired) electrons. The van der Waals surface area contributed by atoms with E-state index in [1.165, 1.54) is 24.6 Å². The topological polar surface area (TPSA) is 73.1 Å². The third-order valence-electron chi connectivity index (χ3n) is 5.77. The van der Waals surface area contributed by atoms with Crippen molar-refractivity contribution in [2.45, 2.75) is 69.6 Å². The molecule has 2 aliphatic rings. The van der Waals surface area contributed by atoms with E-state index >= 15 is 0 Å². The first-order valence-corrected chi connectivity index (χ1v) is 11.6. The molecule has 0 N–H and O–H groups in total. The number of thioether (sulfide) groups is 1. The van der Waals surface area contributed by atoms with Crippen LogP contribution in [-0.4, -0.2) is 55.5 Å². The normalized spacial score (nSPS) is 21.7. The van der Waals surface area contributed by atoms with Gasteiger partial charge in [0.1, 0.15) is 11.4 Å². The van der Waals surface area contributed by atoms with E-state index < -0.39 is 0 Å². The van der Waals surface area contributed by atoms with Gasteiger partial charge in [-0.1, -0.05) is 30.8 Å². The van der Waals surface area contributed by atoms with E-state index in [1.807, 2.05) is 31.2 Å². The number of carbonyl (C=O) groups excluding carboxylic acids is 1. The van der Waals surface area contributed by atoms with Gasteiger partial charge in [0, 0.05) is 12.1 Å². The van der Waals surface area contributed by atoms with E-state index in [2.05, 4.69) is 27.3 Å². The summed E-state index contributed by atoms with van der Waals surface area (Å²) in [6.45, 7) is 4.83. The van der Waals surface area contributed by atoms with E-state index in [1.54, 1.807) is 4.68 Å². The molecule has 0 aliphatic heterocycles. The Morgan fingerprint density at radius 1 is 1.17 bits per heavy atom. The van der Waals surface area contributed by atoms with Gasteiger partial charge in [0.15, 0.2) is 0 Å². The molecular formula is C21H29N5O2S. The Balaban J connectivity index is 1.44. The van der Waals surface area contributed by atoms with Crippen LogP contribution in [0.3, 0.4) is 0 Å². The van der Waals surface area contributed by atoms with Crippen LogP contribution in [0.5, 0.6) is 5.75 Å². The molecule has 0 saturated heterocycles. The lowest BCUT2D eigenvalue weighted by molar-refractivity contribution is -0.132. The second kappa shape index (κ2) is 9.15. The van der Waals surface area contributed by atoms with Crippen LogP contribution in [0, 0.1) is 5.92 Å². The van der Waals surface area contributed by atoms with Crippen LogP contribution in [0.15, 0.2) is 29.4 Å². The molecule has 7 nitrogen and oxygen atoms in total. The number of benzene rings is 1. The highest BCUT2D eigenvalue weighted by molar-refractivity contribution is 7.99. The van der Waals surface area contributed by atoms with Gasteiger partial charge in [0.2, 0.25) is 11.1 Å². The fourth-order valence-corrected chi connectivity index (χ4v) is 4.86. The summed E-state index contributed by atoms with van der Waals surface area (Å²) < 4.78 is 7.37. The van der Waals surface area contributed by atoms with Crippen molar-refractivity contribution < 1.29 is 9.53 Å². The Kier molecular flexibility index (Phi) is 6.37. The summed E-state index contributed by atoms with van der Waals surface area (Å²) in [5.74, 6) is 2.09. The number of ether oxygens (including phenoxy) is 1. The predicted octanol–water partition coefficient (Wildman–Crippen LogP) is 3.72. The highest BCUT2D eigenvalue weighted by Crippen LogP contribution is 2.36. The van der Waals surface area contributed by atoms with Gasteiger partial charge in [0.25, 0.3) is 0 Å². The van der Waals surface area contributed by atoms with Crippen molar-refractivity contribution in [3.63, 3.8) is 0 Å². The van der Waals surface area contributed by atoms with Crippen molar-refractivity contribution in [3.05, 3.63) is 24.3 Å². The zero-order valence-electron chi connectivity index (χ0n) is 17.2. The van der Waals surface area contributed by atoms with Gasteiger partial charge in [-0.2, -0.15) is 4.68 Å². The first kappa shape index (κ1) is 20.2. The second-order valence-electron chi connectivity index (χ2n) is 8.01. The van der Waals surface area contributed by atoms with Gasteiger partial charge in [-0.25, -0.2) is 0 Å². The lowest BCUT2D eigenvalue weighted by Crippen LogP contribution is -2.44. The first-order chi connectivity index (χ1) is 14.2. The molecule has 1 aromatic carbocycles. The number of amides is 1. The van der Waals surface area contributed by atoms with E-state index in [0.717, 1.165) is 43.0 Å². The van der Waals surface area contributed by atoms with Crippen LogP contribution < -0.4 is 4.74 Å². The van der Waals surface area contributed by atoms with Crippen molar-refractivity contribution in [1.29, 1.82) is 0 Å². The van der Waals surface area contributed by atoms with Crippen molar-refractivity contribution >= 4 is 17.7 Å². The maximum Gasteiger partial charge on any atom is 0.233 e. The minimum absolute atomic E-state index is 0.213. The molecule has 156 valence electrons. The van der Waals surface area contributed by atoms with E-state index in [9.17, 15) is 4.79 Å². The zero-order valence-corrected chi connectivity index (χ0v) is 18.0.